The second kappa shape index (κ2) is 7.70. The monoisotopic (exact) mass is 324 g/mol. The maximum atomic E-state index is 13.9. The van der Waals surface area contributed by atoms with Gasteiger partial charge < -0.3 is 0 Å². The molecule has 2 heteroatoms. The average molecular weight is 324 g/mol. The van der Waals surface area contributed by atoms with Crippen molar-refractivity contribution in [3.05, 3.63) is 84.5 Å². The molecule has 0 saturated heterocycles. The smallest absolute Gasteiger partial charge is 0.125 e. The summed E-state index contributed by atoms with van der Waals surface area (Å²) in [5.74, 6) is 0. The zero-order valence-corrected chi connectivity index (χ0v) is 14.2. The molecule has 0 amide bonds. The maximum Gasteiger partial charge on any atom is 0.125 e. The lowest BCUT2D eigenvalue weighted by atomic mass is 9.89. The lowest BCUT2D eigenvalue weighted by Gasteiger charge is -2.23. The summed E-state index contributed by atoms with van der Waals surface area (Å²) in [5, 5.41) is 2.73. The van der Waals surface area contributed by atoms with Crippen LogP contribution in [0.2, 0.25) is 0 Å². The summed E-state index contributed by atoms with van der Waals surface area (Å²) in [5.41, 5.74) is 1.83. The van der Waals surface area contributed by atoms with Crippen LogP contribution in [0.5, 0.6) is 0 Å². The molecule has 3 rings (SSSR count). The van der Waals surface area contributed by atoms with E-state index in [9.17, 15) is 4.39 Å². The molecule has 0 radical (unpaired) electrons. The van der Waals surface area contributed by atoms with Gasteiger partial charge in [-0.2, -0.15) is 0 Å². The molecule has 0 aromatic heterocycles. The Morgan fingerprint density at radius 2 is 1.57 bits per heavy atom. The van der Waals surface area contributed by atoms with Crippen LogP contribution in [0.15, 0.2) is 84.5 Å². The van der Waals surface area contributed by atoms with E-state index in [1.165, 1.54) is 10.6 Å². The van der Waals surface area contributed by atoms with E-state index in [2.05, 4.69) is 73.3 Å². The fourth-order valence-electron chi connectivity index (χ4n) is 3.02. The minimum Gasteiger partial charge on any atom is -0.242 e. The summed E-state index contributed by atoms with van der Waals surface area (Å²) in [6.45, 7) is 3.96. The molecule has 1 saturated carbocycles. The van der Waals surface area contributed by atoms with Crippen LogP contribution in [-0.4, -0.2) is 12.3 Å². The molecule has 2 aromatic rings. The van der Waals surface area contributed by atoms with Crippen LogP contribution in [0.25, 0.3) is 0 Å². The van der Waals surface area contributed by atoms with Crippen molar-refractivity contribution in [1.82, 2.24) is 0 Å². The molecule has 0 heterocycles. The second-order valence-corrected chi connectivity index (χ2v) is 8.15. The number of hydrogen-bond acceptors (Lipinski definition) is 0. The number of halogens is 1. The van der Waals surface area contributed by atoms with Crippen LogP contribution in [0.1, 0.15) is 19.3 Å². The molecule has 0 N–H and O–H groups in total. The van der Waals surface area contributed by atoms with Gasteiger partial charge in [0.25, 0.3) is 0 Å². The molecule has 0 nitrogen and oxygen atoms in total. The van der Waals surface area contributed by atoms with Crippen molar-refractivity contribution in [1.29, 1.82) is 0 Å². The molecule has 0 aliphatic heterocycles. The number of hydrogen-bond donors (Lipinski definition) is 0. The van der Waals surface area contributed by atoms with Crippen LogP contribution in [0.4, 0.5) is 4.39 Å². The molecule has 118 valence electrons. The Balaban J connectivity index is 1.86. The van der Waals surface area contributed by atoms with E-state index in [1.807, 2.05) is 0 Å². The summed E-state index contributed by atoms with van der Waals surface area (Å²) in [7, 11) is -0.449. The molecular weight excluding hydrogens is 302 g/mol. The Morgan fingerprint density at radius 3 is 2.13 bits per heavy atom. The van der Waals surface area contributed by atoms with Crippen molar-refractivity contribution >= 4 is 18.5 Å². The Labute approximate surface area is 139 Å². The summed E-state index contributed by atoms with van der Waals surface area (Å²) in [6, 6.07) is 21.3. The standard InChI is InChI=1S/C21H22FP/c1-17-18(9-8-14-21(17)22)15-16-23(19-10-4-2-5-11-19)20-12-6-3-7-13-20/h2-7,10-13,15,21H,1,8-9,14,16H2/b18-15-/t21-/m0/s1. The van der Waals surface area contributed by atoms with Crippen molar-refractivity contribution < 1.29 is 4.39 Å². The van der Waals surface area contributed by atoms with Crippen molar-refractivity contribution in [3.63, 3.8) is 0 Å². The van der Waals surface area contributed by atoms with E-state index in [0.29, 0.717) is 12.0 Å². The molecule has 1 aliphatic rings. The summed E-state index contributed by atoms with van der Waals surface area (Å²) >= 11 is 0. The van der Waals surface area contributed by atoms with Crippen molar-refractivity contribution in [3.8, 4) is 0 Å². The van der Waals surface area contributed by atoms with Gasteiger partial charge in [-0.25, -0.2) is 4.39 Å². The lowest BCUT2D eigenvalue weighted by Crippen LogP contribution is -2.15. The van der Waals surface area contributed by atoms with Gasteiger partial charge in [0.05, 0.1) is 0 Å². The van der Waals surface area contributed by atoms with Crippen molar-refractivity contribution in [2.45, 2.75) is 25.4 Å². The second-order valence-electron chi connectivity index (χ2n) is 5.90. The highest BCUT2D eigenvalue weighted by atomic mass is 31.1. The van der Waals surface area contributed by atoms with Gasteiger partial charge in [-0.1, -0.05) is 73.3 Å². The topological polar surface area (TPSA) is 0 Å². The fourth-order valence-corrected chi connectivity index (χ4v) is 5.20. The van der Waals surface area contributed by atoms with E-state index in [4.69, 9.17) is 0 Å². The van der Waals surface area contributed by atoms with Crippen LogP contribution in [-0.2, 0) is 0 Å². The molecular formula is C21H22FP. The predicted molar refractivity (Wildman–Crippen MR) is 99.9 cm³/mol. The third-order valence-electron chi connectivity index (χ3n) is 4.35. The lowest BCUT2D eigenvalue weighted by molar-refractivity contribution is 0.340. The summed E-state index contributed by atoms with van der Waals surface area (Å²) < 4.78 is 13.9. The van der Waals surface area contributed by atoms with Crippen molar-refractivity contribution in [2.75, 3.05) is 6.16 Å². The molecule has 0 bridgehead atoms. The van der Waals surface area contributed by atoms with Gasteiger partial charge in [-0.3, -0.25) is 0 Å². The van der Waals surface area contributed by atoms with E-state index in [1.54, 1.807) is 0 Å². The van der Waals surface area contributed by atoms with Gasteiger partial charge >= 0.3 is 0 Å². The fraction of sp³-hybridized carbons (Fsp3) is 0.238. The number of rotatable bonds is 4. The minimum atomic E-state index is -0.852. The first-order valence-electron chi connectivity index (χ1n) is 8.15. The van der Waals surface area contributed by atoms with E-state index < -0.39 is 14.1 Å². The summed E-state index contributed by atoms with van der Waals surface area (Å²) in [4.78, 5) is 0. The van der Waals surface area contributed by atoms with Gasteiger partial charge in [-0.15, -0.1) is 0 Å². The average Bonchev–Trinajstić information content (AvgIpc) is 2.60. The molecule has 1 atom stereocenters. The zero-order chi connectivity index (χ0) is 16.1. The predicted octanol–water partition coefficient (Wildman–Crippen LogP) is 5.12. The van der Waals surface area contributed by atoms with E-state index >= 15 is 0 Å². The third kappa shape index (κ3) is 3.98. The van der Waals surface area contributed by atoms with Gasteiger partial charge in [0.2, 0.25) is 0 Å². The highest BCUT2D eigenvalue weighted by molar-refractivity contribution is 7.73. The Morgan fingerprint density at radius 1 is 1.00 bits per heavy atom. The first-order chi connectivity index (χ1) is 11.3. The van der Waals surface area contributed by atoms with Gasteiger partial charge in [0.1, 0.15) is 6.17 Å². The molecule has 2 aromatic carbocycles. The Bertz CT molecular complexity index is 636. The van der Waals surface area contributed by atoms with Gasteiger partial charge in [-0.05, 0) is 55.1 Å². The van der Waals surface area contributed by atoms with Crippen LogP contribution in [0.3, 0.4) is 0 Å². The Hall–Kier alpha value is -1.72. The van der Waals surface area contributed by atoms with Gasteiger partial charge in [0, 0.05) is 0 Å². The third-order valence-corrected chi connectivity index (χ3v) is 6.74. The largest absolute Gasteiger partial charge is 0.242 e. The number of alkyl halides is 1. The normalized spacial score (nSPS) is 20.2. The molecule has 1 fully saturated rings. The summed E-state index contributed by atoms with van der Waals surface area (Å²) in [6.07, 6.45) is 4.86. The highest BCUT2D eigenvalue weighted by Crippen LogP contribution is 2.36. The molecule has 23 heavy (non-hydrogen) atoms. The minimum absolute atomic E-state index is 0.449. The first kappa shape index (κ1) is 16.1. The van der Waals surface area contributed by atoms with Crippen LogP contribution >= 0.6 is 7.92 Å². The van der Waals surface area contributed by atoms with Crippen molar-refractivity contribution in [2.24, 2.45) is 0 Å². The first-order valence-corrected chi connectivity index (χ1v) is 9.68. The van der Waals surface area contributed by atoms with E-state index in [0.717, 1.165) is 24.6 Å². The van der Waals surface area contributed by atoms with Crippen LogP contribution < -0.4 is 10.6 Å². The number of benzene rings is 2. The zero-order valence-electron chi connectivity index (χ0n) is 13.3. The molecule has 1 aliphatic carbocycles. The SMILES string of the molecule is C=C1/C(=C\CP(c2ccccc2)c2ccccc2)CCC[C@@H]1F. The highest BCUT2D eigenvalue weighted by Gasteiger charge is 2.21. The molecule has 0 spiro atoms. The molecule has 0 unspecified atom stereocenters. The maximum absolute atomic E-state index is 13.9. The Kier molecular flexibility index (Phi) is 5.41. The van der Waals surface area contributed by atoms with Gasteiger partial charge in [0.15, 0.2) is 0 Å². The quantitative estimate of drug-likeness (QED) is 0.685. The van der Waals surface area contributed by atoms with E-state index in [-0.39, 0.29) is 0 Å². The number of allylic oxidation sites excluding steroid dienone is 3. The van der Waals surface area contributed by atoms with Crippen LogP contribution in [0, 0.1) is 0 Å².